The molecule has 0 saturated carbocycles. The quantitative estimate of drug-likeness (QED) is 0.755. The highest BCUT2D eigenvalue weighted by atomic mass is 16.5. The molecule has 132 valence electrons. The highest BCUT2D eigenvalue weighted by molar-refractivity contribution is 5.67. The number of rotatable bonds is 5. The first kappa shape index (κ1) is 16.3. The van der Waals surface area contributed by atoms with Crippen LogP contribution in [-0.2, 0) is 0 Å². The molecule has 1 N–H and O–H groups in total. The Balaban J connectivity index is 1.59. The number of methoxy groups -OCH3 is 1. The van der Waals surface area contributed by atoms with E-state index in [9.17, 15) is 0 Å². The second-order valence-electron chi connectivity index (χ2n) is 6.20. The molecule has 0 amide bonds. The van der Waals surface area contributed by atoms with Gasteiger partial charge in [0.2, 0.25) is 11.8 Å². The average molecular weight is 347 g/mol. The summed E-state index contributed by atoms with van der Waals surface area (Å²) >= 11 is 0. The van der Waals surface area contributed by atoms with Gasteiger partial charge in [0, 0.05) is 36.9 Å². The van der Waals surface area contributed by atoms with Crippen LogP contribution in [0.25, 0.3) is 11.3 Å². The number of ether oxygens (including phenoxy) is 1. The lowest BCUT2D eigenvalue weighted by molar-refractivity contribution is 0.399. The van der Waals surface area contributed by atoms with Gasteiger partial charge >= 0.3 is 0 Å². The maximum Gasteiger partial charge on any atom is 0.227 e. The third kappa shape index (κ3) is 3.44. The number of aromatic nitrogens is 3. The zero-order valence-electron chi connectivity index (χ0n) is 14.7. The molecule has 1 fully saturated rings. The summed E-state index contributed by atoms with van der Waals surface area (Å²) in [6.45, 7) is 2.24. The van der Waals surface area contributed by atoms with Crippen LogP contribution in [0.4, 0.5) is 17.3 Å². The van der Waals surface area contributed by atoms with Crippen molar-refractivity contribution in [2.45, 2.75) is 12.8 Å². The molecular formula is C20H21N5O. The largest absolute Gasteiger partial charge is 0.481 e. The van der Waals surface area contributed by atoms with E-state index in [1.54, 1.807) is 19.5 Å². The monoisotopic (exact) mass is 347 g/mol. The van der Waals surface area contributed by atoms with E-state index in [1.165, 1.54) is 18.5 Å². The molecule has 0 radical (unpaired) electrons. The zero-order chi connectivity index (χ0) is 17.8. The summed E-state index contributed by atoms with van der Waals surface area (Å²) < 4.78 is 5.33. The van der Waals surface area contributed by atoms with E-state index in [2.05, 4.69) is 43.4 Å². The summed E-state index contributed by atoms with van der Waals surface area (Å²) in [5.74, 6) is 1.10. The van der Waals surface area contributed by atoms with Gasteiger partial charge in [-0.05, 0) is 49.2 Å². The van der Waals surface area contributed by atoms with Crippen LogP contribution in [0.15, 0.2) is 54.9 Å². The van der Waals surface area contributed by atoms with Crippen molar-refractivity contribution in [3.8, 4) is 17.1 Å². The number of nitrogens with one attached hydrogen (secondary N) is 1. The molecule has 1 aliphatic heterocycles. The number of benzene rings is 1. The zero-order valence-corrected chi connectivity index (χ0v) is 14.7. The molecule has 0 atom stereocenters. The van der Waals surface area contributed by atoms with Crippen molar-refractivity contribution in [1.82, 2.24) is 15.0 Å². The maximum atomic E-state index is 5.33. The number of hydrogen-bond donors (Lipinski definition) is 1. The van der Waals surface area contributed by atoms with Gasteiger partial charge in [0.05, 0.1) is 18.4 Å². The number of anilines is 3. The average Bonchev–Trinajstić information content (AvgIpc) is 3.23. The minimum atomic E-state index is 0.548. The molecule has 6 heteroatoms. The van der Waals surface area contributed by atoms with E-state index in [0.29, 0.717) is 11.8 Å². The Hall–Kier alpha value is -3.15. The van der Waals surface area contributed by atoms with Crippen molar-refractivity contribution in [2.75, 3.05) is 30.4 Å². The predicted octanol–water partition coefficient (Wildman–Crippen LogP) is 3.89. The van der Waals surface area contributed by atoms with Crippen LogP contribution in [0, 0.1) is 0 Å². The van der Waals surface area contributed by atoms with Gasteiger partial charge in [-0.15, -0.1) is 0 Å². The van der Waals surface area contributed by atoms with Crippen LogP contribution >= 0.6 is 0 Å². The fourth-order valence-electron chi connectivity index (χ4n) is 3.20. The molecule has 0 bridgehead atoms. The van der Waals surface area contributed by atoms with E-state index in [-0.39, 0.29) is 0 Å². The van der Waals surface area contributed by atoms with E-state index in [1.807, 2.05) is 24.3 Å². The Bertz CT molecular complexity index is 893. The summed E-state index contributed by atoms with van der Waals surface area (Å²) in [5, 5.41) is 3.31. The minimum Gasteiger partial charge on any atom is -0.481 e. The van der Waals surface area contributed by atoms with Crippen LogP contribution in [0.3, 0.4) is 0 Å². The van der Waals surface area contributed by atoms with Gasteiger partial charge in [-0.3, -0.25) is 0 Å². The smallest absolute Gasteiger partial charge is 0.227 e. The second-order valence-corrected chi connectivity index (χ2v) is 6.20. The molecule has 1 aliphatic rings. The van der Waals surface area contributed by atoms with E-state index < -0.39 is 0 Å². The second kappa shape index (κ2) is 7.39. The first-order valence-corrected chi connectivity index (χ1v) is 8.78. The van der Waals surface area contributed by atoms with Crippen molar-refractivity contribution in [3.05, 3.63) is 54.9 Å². The highest BCUT2D eigenvalue weighted by Gasteiger charge is 2.13. The van der Waals surface area contributed by atoms with Crippen molar-refractivity contribution in [2.24, 2.45) is 0 Å². The predicted molar refractivity (Wildman–Crippen MR) is 103 cm³/mol. The minimum absolute atomic E-state index is 0.548. The molecule has 1 saturated heterocycles. The lowest BCUT2D eigenvalue weighted by Gasteiger charge is -2.18. The Kier molecular flexibility index (Phi) is 4.64. The fourth-order valence-corrected chi connectivity index (χ4v) is 3.20. The van der Waals surface area contributed by atoms with Crippen molar-refractivity contribution in [1.29, 1.82) is 0 Å². The van der Waals surface area contributed by atoms with Crippen LogP contribution in [0.5, 0.6) is 5.88 Å². The topological polar surface area (TPSA) is 63.2 Å². The van der Waals surface area contributed by atoms with Gasteiger partial charge in [-0.1, -0.05) is 6.07 Å². The molecule has 3 aromatic rings. The molecule has 3 heterocycles. The Morgan fingerprint density at radius 3 is 2.73 bits per heavy atom. The molecule has 26 heavy (non-hydrogen) atoms. The molecule has 1 aromatic carbocycles. The summed E-state index contributed by atoms with van der Waals surface area (Å²) in [4.78, 5) is 15.6. The van der Waals surface area contributed by atoms with E-state index >= 15 is 0 Å². The molecule has 0 aliphatic carbocycles. The van der Waals surface area contributed by atoms with Gasteiger partial charge in [0.15, 0.2) is 0 Å². The molecule has 2 aromatic heterocycles. The van der Waals surface area contributed by atoms with Crippen LogP contribution in [-0.4, -0.2) is 35.2 Å². The van der Waals surface area contributed by atoms with Crippen LogP contribution < -0.4 is 15.0 Å². The van der Waals surface area contributed by atoms with Crippen LogP contribution in [0.2, 0.25) is 0 Å². The molecular weight excluding hydrogens is 326 g/mol. The standard InChI is InChI=1S/C20H21N5O/c1-26-19-17(8-5-10-21-19)18-9-11-22-20(24-18)23-15-6-4-7-16(14-15)25-12-2-3-13-25/h4-11,14H,2-3,12-13H2,1H3,(H,22,23,24). The summed E-state index contributed by atoms with van der Waals surface area (Å²) in [6.07, 6.45) is 5.96. The third-order valence-corrected chi connectivity index (χ3v) is 4.47. The van der Waals surface area contributed by atoms with E-state index in [4.69, 9.17) is 4.74 Å². The number of pyridine rings is 1. The van der Waals surface area contributed by atoms with Gasteiger partial charge in [-0.25, -0.2) is 15.0 Å². The SMILES string of the molecule is COc1ncccc1-c1ccnc(Nc2cccc(N3CCCC3)c2)n1. The molecule has 4 rings (SSSR count). The van der Waals surface area contributed by atoms with Gasteiger partial charge < -0.3 is 15.0 Å². The summed E-state index contributed by atoms with van der Waals surface area (Å²) in [6, 6.07) is 14.0. The molecule has 6 nitrogen and oxygen atoms in total. The van der Waals surface area contributed by atoms with Crippen molar-refractivity contribution in [3.63, 3.8) is 0 Å². The van der Waals surface area contributed by atoms with Crippen LogP contribution in [0.1, 0.15) is 12.8 Å². The normalized spacial score (nSPS) is 13.7. The highest BCUT2D eigenvalue weighted by Crippen LogP contribution is 2.28. The number of hydrogen-bond acceptors (Lipinski definition) is 6. The Morgan fingerprint density at radius 2 is 1.88 bits per heavy atom. The number of nitrogens with zero attached hydrogens (tertiary/aromatic N) is 4. The fraction of sp³-hybridized carbons (Fsp3) is 0.250. The Morgan fingerprint density at radius 1 is 1.00 bits per heavy atom. The van der Waals surface area contributed by atoms with E-state index in [0.717, 1.165) is 30.0 Å². The summed E-state index contributed by atoms with van der Waals surface area (Å²) in [5.41, 5.74) is 3.82. The lowest BCUT2D eigenvalue weighted by Crippen LogP contribution is -2.17. The molecule has 0 spiro atoms. The first-order valence-electron chi connectivity index (χ1n) is 8.78. The van der Waals surface area contributed by atoms with Crippen molar-refractivity contribution >= 4 is 17.3 Å². The lowest BCUT2D eigenvalue weighted by atomic mass is 10.2. The van der Waals surface area contributed by atoms with Gasteiger partial charge in [0.25, 0.3) is 0 Å². The maximum absolute atomic E-state index is 5.33. The van der Waals surface area contributed by atoms with Gasteiger partial charge in [-0.2, -0.15) is 0 Å². The van der Waals surface area contributed by atoms with Gasteiger partial charge in [0.1, 0.15) is 0 Å². The third-order valence-electron chi connectivity index (χ3n) is 4.47. The Labute approximate surface area is 152 Å². The van der Waals surface area contributed by atoms with Crippen molar-refractivity contribution < 1.29 is 4.74 Å². The first-order chi connectivity index (χ1) is 12.8. The molecule has 0 unspecified atom stereocenters. The summed E-state index contributed by atoms with van der Waals surface area (Å²) in [7, 11) is 1.61.